The highest BCUT2D eigenvalue weighted by atomic mass is 35.5. The van der Waals surface area contributed by atoms with Gasteiger partial charge in [0.05, 0.1) is 5.56 Å². The zero-order valence-corrected chi connectivity index (χ0v) is 12.3. The van der Waals surface area contributed by atoms with Gasteiger partial charge in [-0.05, 0) is 25.1 Å². The number of carbonyl (C=O) groups is 1. The van der Waals surface area contributed by atoms with E-state index in [9.17, 15) is 22.2 Å². The van der Waals surface area contributed by atoms with Crippen molar-refractivity contribution < 1.29 is 22.2 Å². The molecule has 3 nitrogen and oxygen atoms in total. The standard InChI is InChI=1S/C12H13ClF3NO2S/c1-7(6-20(2)19)17-11(18)8-3-9(12(14,15)16)5-10(13)4-8/h3-5,7H,6H2,1-2H3,(H,17,18)/t7-,20+/m1/s1. The summed E-state index contributed by atoms with van der Waals surface area (Å²) in [4.78, 5) is 11.8. The maximum atomic E-state index is 12.6. The van der Waals surface area contributed by atoms with Gasteiger partial charge in [-0.25, -0.2) is 0 Å². The second kappa shape index (κ2) is 6.58. The number of alkyl halides is 3. The Balaban J connectivity index is 2.93. The Kier molecular flexibility index (Phi) is 5.59. The van der Waals surface area contributed by atoms with Crippen LogP contribution >= 0.6 is 11.6 Å². The van der Waals surface area contributed by atoms with Crippen LogP contribution in [0, 0.1) is 0 Å². The molecule has 0 aliphatic rings. The van der Waals surface area contributed by atoms with Crippen molar-refractivity contribution in [3.05, 3.63) is 34.3 Å². The minimum Gasteiger partial charge on any atom is -0.349 e. The summed E-state index contributed by atoms with van der Waals surface area (Å²) in [5, 5.41) is 2.31. The van der Waals surface area contributed by atoms with Crippen LogP contribution in [0.2, 0.25) is 5.02 Å². The molecule has 0 spiro atoms. The van der Waals surface area contributed by atoms with E-state index in [4.69, 9.17) is 11.6 Å². The van der Waals surface area contributed by atoms with E-state index in [0.717, 1.165) is 18.2 Å². The molecule has 1 rings (SSSR count). The van der Waals surface area contributed by atoms with Crippen molar-refractivity contribution in [2.75, 3.05) is 12.0 Å². The van der Waals surface area contributed by atoms with Gasteiger partial charge in [-0.2, -0.15) is 13.2 Å². The molecule has 1 N–H and O–H groups in total. The number of hydrogen-bond donors (Lipinski definition) is 1. The Morgan fingerprint density at radius 1 is 1.40 bits per heavy atom. The van der Waals surface area contributed by atoms with Crippen LogP contribution in [0.4, 0.5) is 13.2 Å². The number of amides is 1. The average Bonchev–Trinajstić information content (AvgIpc) is 2.25. The monoisotopic (exact) mass is 327 g/mol. The van der Waals surface area contributed by atoms with Crippen LogP contribution in [-0.4, -0.2) is 28.2 Å². The van der Waals surface area contributed by atoms with Gasteiger partial charge in [0.2, 0.25) is 0 Å². The molecule has 0 saturated carbocycles. The highest BCUT2D eigenvalue weighted by Gasteiger charge is 2.31. The minimum absolute atomic E-state index is 0.170. The van der Waals surface area contributed by atoms with Gasteiger partial charge in [0.15, 0.2) is 0 Å². The lowest BCUT2D eigenvalue weighted by Crippen LogP contribution is -2.36. The molecule has 0 aliphatic carbocycles. The Morgan fingerprint density at radius 2 is 2.00 bits per heavy atom. The molecule has 1 aromatic rings. The summed E-state index contributed by atoms with van der Waals surface area (Å²) >= 11 is 5.59. The van der Waals surface area contributed by atoms with E-state index < -0.39 is 34.5 Å². The van der Waals surface area contributed by atoms with E-state index in [1.807, 2.05) is 0 Å². The zero-order chi connectivity index (χ0) is 15.5. The molecule has 112 valence electrons. The fraction of sp³-hybridized carbons (Fsp3) is 0.417. The van der Waals surface area contributed by atoms with E-state index in [1.54, 1.807) is 6.92 Å². The van der Waals surface area contributed by atoms with Crippen LogP contribution in [0.3, 0.4) is 0 Å². The molecule has 0 bridgehead atoms. The van der Waals surface area contributed by atoms with E-state index in [1.165, 1.54) is 6.26 Å². The van der Waals surface area contributed by atoms with Crippen LogP contribution in [0.25, 0.3) is 0 Å². The first-order valence-electron chi connectivity index (χ1n) is 5.58. The summed E-state index contributed by atoms with van der Waals surface area (Å²) in [5.74, 6) is -0.464. The lowest BCUT2D eigenvalue weighted by atomic mass is 10.1. The molecule has 0 unspecified atom stereocenters. The highest BCUT2D eigenvalue weighted by Crippen LogP contribution is 2.31. The van der Waals surface area contributed by atoms with Gasteiger partial charge in [-0.15, -0.1) is 0 Å². The molecule has 0 aliphatic heterocycles. The number of carbonyl (C=O) groups excluding carboxylic acids is 1. The summed E-state index contributed by atoms with van der Waals surface area (Å²) in [6, 6.07) is 2.23. The molecule has 1 aromatic carbocycles. The Labute approximate surface area is 122 Å². The van der Waals surface area contributed by atoms with Crippen molar-refractivity contribution in [3.63, 3.8) is 0 Å². The number of halogens is 4. The Morgan fingerprint density at radius 3 is 2.50 bits per heavy atom. The predicted molar refractivity (Wildman–Crippen MR) is 72.3 cm³/mol. The quantitative estimate of drug-likeness (QED) is 0.924. The van der Waals surface area contributed by atoms with Crippen LogP contribution in [0.1, 0.15) is 22.8 Å². The van der Waals surface area contributed by atoms with E-state index in [2.05, 4.69) is 5.32 Å². The van der Waals surface area contributed by atoms with E-state index in [0.29, 0.717) is 0 Å². The van der Waals surface area contributed by atoms with Crippen LogP contribution < -0.4 is 5.32 Å². The maximum absolute atomic E-state index is 12.6. The number of hydrogen-bond acceptors (Lipinski definition) is 2. The van der Waals surface area contributed by atoms with Gasteiger partial charge in [0.25, 0.3) is 5.91 Å². The van der Waals surface area contributed by atoms with Crippen molar-refractivity contribution in [1.82, 2.24) is 5.32 Å². The Bertz CT molecular complexity index is 534. The van der Waals surface area contributed by atoms with Crippen molar-refractivity contribution in [2.45, 2.75) is 19.1 Å². The van der Waals surface area contributed by atoms with Crippen molar-refractivity contribution in [1.29, 1.82) is 0 Å². The second-order valence-electron chi connectivity index (χ2n) is 4.34. The molecular formula is C12H13ClF3NO2S. The topological polar surface area (TPSA) is 46.2 Å². The maximum Gasteiger partial charge on any atom is 0.416 e. The number of benzene rings is 1. The second-order valence-corrected chi connectivity index (χ2v) is 6.26. The van der Waals surface area contributed by atoms with Gasteiger partial charge in [0.1, 0.15) is 0 Å². The zero-order valence-electron chi connectivity index (χ0n) is 10.8. The first-order valence-corrected chi connectivity index (χ1v) is 7.69. The third kappa shape index (κ3) is 5.13. The molecule has 0 saturated heterocycles. The van der Waals surface area contributed by atoms with Crippen LogP contribution in [0.5, 0.6) is 0 Å². The van der Waals surface area contributed by atoms with Gasteiger partial charge in [-0.3, -0.25) is 9.00 Å². The molecule has 20 heavy (non-hydrogen) atoms. The normalized spacial score (nSPS) is 14.7. The van der Waals surface area contributed by atoms with Gasteiger partial charge in [-0.1, -0.05) is 11.6 Å². The summed E-state index contributed by atoms with van der Waals surface area (Å²) in [6.07, 6.45) is -3.10. The van der Waals surface area contributed by atoms with Crippen molar-refractivity contribution >= 4 is 28.3 Å². The molecule has 8 heteroatoms. The first kappa shape index (κ1) is 17.0. The molecular weight excluding hydrogens is 315 g/mol. The average molecular weight is 328 g/mol. The molecule has 1 amide bonds. The van der Waals surface area contributed by atoms with Crippen molar-refractivity contribution in [2.24, 2.45) is 0 Å². The summed E-state index contributed by atoms with van der Waals surface area (Å²) in [6.45, 7) is 1.62. The van der Waals surface area contributed by atoms with Crippen molar-refractivity contribution in [3.8, 4) is 0 Å². The summed E-state index contributed by atoms with van der Waals surface area (Å²) < 4.78 is 48.8. The van der Waals surface area contributed by atoms with Gasteiger partial charge >= 0.3 is 6.18 Å². The molecule has 0 heterocycles. The molecule has 0 radical (unpaired) electrons. The van der Waals surface area contributed by atoms with Gasteiger partial charge in [0, 0.05) is 39.4 Å². The van der Waals surface area contributed by atoms with Crippen LogP contribution in [-0.2, 0) is 17.0 Å². The third-order valence-corrected chi connectivity index (χ3v) is 3.54. The molecule has 0 fully saturated rings. The van der Waals surface area contributed by atoms with Gasteiger partial charge < -0.3 is 5.32 Å². The lowest BCUT2D eigenvalue weighted by molar-refractivity contribution is -0.137. The lowest BCUT2D eigenvalue weighted by Gasteiger charge is -2.14. The van der Waals surface area contributed by atoms with E-state index in [-0.39, 0.29) is 16.3 Å². The largest absolute Gasteiger partial charge is 0.416 e. The number of rotatable bonds is 4. The predicted octanol–water partition coefficient (Wildman–Crippen LogP) is 2.86. The SMILES string of the molecule is C[C@H](C[S@](C)=O)NC(=O)c1cc(Cl)cc(C(F)(F)F)c1. The first-order chi connectivity index (χ1) is 9.09. The Hall–Kier alpha value is -1.08. The van der Waals surface area contributed by atoms with Crippen LogP contribution in [0.15, 0.2) is 18.2 Å². The summed E-state index contributed by atoms with van der Waals surface area (Å²) in [5.41, 5.74) is -1.17. The summed E-state index contributed by atoms with van der Waals surface area (Å²) in [7, 11) is -1.11. The molecule has 0 aromatic heterocycles. The third-order valence-electron chi connectivity index (χ3n) is 2.35. The van der Waals surface area contributed by atoms with E-state index >= 15 is 0 Å². The highest BCUT2D eigenvalue weighted by molar-refractivity contribution is 7.84. The smallest absolute Gasteiger partial charge is 0.349 e. The molecule has 2 atom stereocenters. The fourth-order valence-corrected chi connectivity index (χ4v) is 2.61. The minimum atomic E-state index is -4.57. The number of nitrogens with one attached hydrogen (secondary N) is 1. The fourth-order valence-electron chi connectivity index (χ4n) is 1.59.